The Hall–Kier alpha value is -4.14. The number of aromatic nitrogens is 3. The molecule has 0 saturated carbocycles. The van der Waals surface area contributed by atoms with E-state index < -0.39 is 23.5 Å². The number of carbonyl (C=O) groups excluding carboxylic acids is 1. The second-order valence-corrected chi connectivity index (χ2v) is 7.12. The summed E-state index contributed by atoms with van der Waals surface area (Å²) in [5.41, 5.74) is 1.44. The lowest BCUT2D eigenvalue weighted by atomic mass is 10.0. The molecule has 2 heterocycles. The van der Waals surface area contributed by atoms with Gasteiger partial charge >= 0.3 is 6.18 Å². The van der Waals surface area contributed by atoms with E-state index in [4.69, 9.17) is 0 Å². The number of amides is 1. The van der Waals surface area contributed by atoms with Gasteiger partial charge in [0, 0.05) is 29.9 Å². The van der Waals surface area contributed by atoms with Crippen molar-refractivity contribution in [2.24, 2.45) is 0 Å². The molecule has 5 nitrogen and oxygen atoms in total. The average molecular weight is 452 g/mol. The number of alkyl halides is 3. The summed E-state index contributed by atoms with van der Waals surface area (Å²) in [6.45, 7) is 0. The third kappa shape index (κ3) is 5.20. The first-order valence-corrected chi connectivity index (χ1v) is 9.78. The van der Waals surface area contributed by atoms with Crippen molar-refractivity contribution in [1.82, 2.24) is 15.0 Å². The van der Waals surface area contributed by atoms with Crippen LogP contribution >= 0.6 is 0 Å². The van der Waals surface area contributed by atoms with Crippen LogP contribution in [0, 0.1) is 5.82 Å². The summed E-state index contributed by atoms with van der Waals surface area (Å²) in [5, 5.41) is 2.36. The van der Waals surface area contributed by atoms with Gasteiger partial charge in [0.05, 0.1) is 22.6 Å². The van der Waals surface area contributed by atoms with Gasteiger partial charge in [0.1, 0.15) is 12.1 Å². The fourth-order valence-corrected chi connectivity index (χ4v) is 3.26. The molecule has 0 bridgehead atoms. The highest BCUT2D eigenvalue weighted by Gasteiger charge is 2.31. The van der Waals surface area contributed by atoms with Crippen LogP contribution < -0.4 is 5.32 Å². The molecule has 0 saturated heterocycles. The van der Waals surface area contributed by atoms with E-state index in [2.05, 4.69) is 20.3 Å². The zero-order valence-electron chi connectivity index (χ0n) is 17.0. The number of hydrogen-bond donors (Lipinski definition) is 1. The van der Waals surface area contributed by atoms with Crippen molar-refractivity contribution >= 4 is 11.6 Å². The summed E-state index contributed by atoms with van der Waals surface area (Å²) >= 11 is 0. The first kappa shape index (κ1) is 22.1. The molecule has 1 amide bonds. The Morgan fingerprint density at radius 3 is 2.55 bits per heavy atom. The fraction of sp³-hybridized carbons (Fsp3) is 0.0833. The molecule has 0 spiro atoms. The second-order valence-electron chi connectivity index (χ2n) is 7.12. The van der Waals surface area contributed by atoms with Crippen LogP contribution in [0.4, 0.5) is 23.2 Å². The van der Waals surface area contributed by atoms with Gasteiger partial charge in [-0.15, -0.1) is 0 Å². The lowest BCUT2D eigenvalue weighted by molar-refractivity contribution is -0.137. The van der Waals surface area contributed by atoms with E-state index in [0.717, 1.165) is 23.8 Å². The van der Waals surface area contributed by atoms with E-state index in [9.17, 15) is 22.4 Å². The van der Waals surface area contributed by atoms with Crippen LogP contribution in [0.15, 0.2) is 79.4 Å². The molecule has 0 radical (unpaired) electrons. The smallest absolute Gasteiger partial charge is 0.319 e. The highest BCUT2D eigenvalue weighted by atomic mass is 19.4. The maximum Gasteiger partial charge on any atom is 0.416 e. The molecule has 0 aliphatic heterocycles. The minimum Gasteiger partial charge on any atom is -0.319 e. The summed E-state index contributed by atoms with van der Waals surface area (Å²) in [7, 11) is 0. The maximum atomic E-state index is 14.4. The number of halogens is 4. The van der Waals surface area contributed by atoms with Gasteiger partial charge in [-0.05, 0) is 54.1 Å². The zero-order valence-corrected chi connectivity index (χ0v) is 17.0. The number of pyridine rings is 1. The first-order chi connectivity index (χ1) is 15.8. The molecular weight excluding hydrogens is 436 g/mol. The molecule has 9 heteroatoms. The minimum atomic E-state index is -4.59. The van der Waals surface area contributed by atoms with E-state index >= 15 is 0 Å². The topological polar surface area (TPSA) is 67.8 Å². The molecule has 0 atom stereocenters. The quantitative estimate of drug-likeness (QED) is 0.404. The Kier molecular flexibility index (Phi) is 6.12. The predicted molar refractivity (Wildman–Crippen MR) is 114 cm³/mol. The highest BCUT2D eigenvalue weighted by molar-refractivity contribution is 6.04. The molecule has 166 valence electrons. The summed E-state index contributed by atoms with van der Waals surface area (Å²) in [6.07, 6.45) is 0.377. The summed E-state index contributed by atoms with van der Waals surface area (Å²) in [6, 6.07) is 13.5. The van der Waals surface area contributed by atoms with Gasteiger partial charge < -0.3 is 5.32 Å². The number of hydrogen-bond acceptors (Lipinski definition) is 4. The number of benzene rings is 2. The van der Waals surface area contributed by atoms with Crippen molar-refractivity contribution in [3.63, 3.8) is 0 Å². The van der Waals surface area contributed by atoms with Gasteiger partial charge in [-0.25, -0.2) is 14.4 Å². The Morgan fingerprint density at radius 2 is 1.79 bits per heavy atom. The van der Waals surface area contributed by atoms with Crippen LogP contribution in [0.25, 0.3) is 11.3 Å². The summed E-state index contributed by atoms with van der Waals surface area (Å²) in [5.74, 6) is -1.56. The predicted octanol–water partition coefficient (Wildman–Crippen LogP) is 5.54. The van der Waals surface area contributed by atoms with Crippen LogP contribution in [-0.4, -0.2) is 20.9 Å². The zero-order chi connectivity index (χ0) is 23.4. The molecule has 2 aromatic heterocycles. The van der Waals surface area contributed by atoms with E-state index in [1.807, 2.05) is 6.07 Å². The molecule has 1 N–H and O–H groups in total. The van der Waals surface area contributed by atoms with Crippen LogP contribution in [0.1, 0.15) is 27.2 Å². The molecule has 0 aliphatic carbocycles. The number of anilines is 1. The monoisotopic (exact) mass is 452 g/mol. The number of rotatable bonds is 5. The lowest BCUT2D eigenvalue weighted by Crippen LogP contribution is -2.15. The SMILES string of the molecule is O=C(Nc1cc(Cc2ncccc2-c2ccncn2)ccc1F)c1cccc(C(F)(F)F)c1. The maximum absolute atomic E-state index is 14.4. The van der Waals surface area contributed by atoms with Gasteiger partial charge in [0.2, 0.25) is 0 Å². The fourth-order valence-electron chi connectivity index (χ4n) is 3.26. The second kappa shape index (κ2) is 9.15. The normalized spacial score (nSPS) is 11.3. The molecule has 4 rings (SSSR count). The molecule has 0 fully saturated rings. The summed E-state index contributed by atoms with van der Waals surface area (Å²) < 4.78 is 53.2. The molecule has 4 aromatic rings. The lowest BCUT2D eigenvalue weighted by Gasteiger charge is -2.12. The van der Waals surface area contributed by atoms with Crippen molar-refractivity contribution in [3.05, 3.63) is 108 Å². The van der Waals surface area contributed by atoms with Crippen LogP contribution in [0.3, 0.4) is 0 Å². The largest absolute Gasteiger partial charge is 0.416 e. The third-order valence-electron chi connectivity index (χ3n) is 4.85. The van der Waals surface area contributed by atoms with Crippen molar-refractivity contribution < 1.29 is 22.4 Å². The Bertz CT molecular complexity index is 1290. The number of carbonyl (C=O) groups is 1. The number of nitrogens with zero attached hydrogens (tertiary/aromatic N) is 3. The molecule has 0 aliphatic rings. The first-order valence-electron chi connectivity index (χ1n) is 9.78. The molecule has 2 aromatic carbocycles. The van der Waals surface area contributed by atoms with E-state index in [1.165, 1.54) is 24.5 Å². The standard InChI is InChI=1S/C24H16F4N4O/c25-19-7-6-15(11-21-18(5-2-9-30-21)20-8-10-29-14-31-20)12-22(19)32-23(33)16-3-1-4-17(13-16)24(26,27)28/h1-10,12-14H,11H2,(H,32,33). The van der Waals surface area contributed by atoms with Gasteiger partial charge in [-0.1, -0.05) is 12.1 Å². The molecular formula is C24H16F4N4O. The van der Waals surface area contributed by atoms with Crippen LogP contribution in [0.2, 0.25) is 0 Å². The Morgan fingerprint density at radius 1 is 0.939 bits per heavy atom. The van der Waals surface area contributed by atoms with Crippen molar-refractivity contribution in [3.8, 4) is 11.3 Å². The van der Waals surface area contributed by atoms with Crippen molar-refractivity contribution in [2.45, 2.75) is 12.6 Å². The van der Waals surface area contributed by atoms with E-state index in [1.54, 1.807) is 30.6 Å². The molecule has 0 unspecified atom stereocenters. The minimum absolute atomic E-state index is 0.144. The van der Waals surface area contributed by atoms with Crippen LogP contribution in [0.5, 0.6) is 0 Å². The number of nitrogens with one attached hydrogen (secondary N) is 1. The van der Waals surface area contributed by atoms with E-state index in [0.29, 0.717) is 23.4 Å². The Balaban J connectivity index is 1.58. The van der Waals surface area contributed by atoms with Gasteiger partial charge in [-0.3, -0.25) is 9.78 Å². The van der Waals surface area contributed by atoms with Gasteiger partial charge in [-0.2, -0.15) is 13.2 Å². The van der Waals surface area contributed by atoms with Crippen LogP contribution in [-0.2, 0) is 12.6 Å². The third-order valence-corrected chi connectivity index (χ3v) is 4.85. The Labute approximate surface area is 186 Å². The highest BCUT2D eigenvalue weighted by Crippen LogP contribution is 2.30. The van der Waals surface area contributed by atoms with Crippen molar-refractivity contribution in [1.29, 1.82) is 0 Å². The summed E-state index contributed by atoms with van der Waals surface area (Å²) in [4.78, 5) is 25.0. The van der Waals surface area contributed by atoms with Crippen molar-refractivity contribution in [2.75, 3.05) is 5.32 Å². The molecule has 33 heavy (non-hydrogen) atoms. The average Bonchev–Trinajstić information content (AvgIpc) is 2.82. The van der Waals surface area contributed by atoms with Gasteiger partial charge in [0.25, 0.3) is 5.91 Å². The van der Waals surface area contributed by atoms with Gasteiger partial charge in [0.15, 0.2) is 0 Å². The van der Waals surface area contributed by atoms with E-state index in [-0.39, 0.29) is 11.3 Å².